The van der Waals surface area contributed by atoms with Crippen molar-refractivity contribution in [2.45, 2.75) is 46.1 Å². The van der Waals surface area contributed by atoms with Crippen molar-refractivity contribution in [3.8, 4) is 0 Å². The summed E-state index contributed by atoms with van der Waals surface area (Å²) in [5.41, 5.74) is 0.661. The second-order valence-electron chi connectivity index (χ2n) is 4.04. The van der Waals surface area contributed by atoms with Gasteiger partial charge in [0.25, 0.3) is 0 Å². The fourth-order valence-corrected chi connectivity index (χ4v) is 1.78. The Bertz CT molecular complexity index is 352. The van der Waals surface area contributed by atoms with E-state index in [4.69, 9.17) is 9.15 Å². The summed E-state index contributed by atoms with van der Waals surface area (Å²) >= 11 is 0. The quantitative estimate of drug-likeness (QED) is 0.692. The summed E-state index contributed by atoms with van der Waals surface area (Å²) in [5, 5.41) is 0. The summed E-state index contributed by atoms with van der Waals surface area (Å²) in [6, 6.07) is 1.81. The number of ketones is 1. The van der Waals surface area contributed by atoms with E-state index >= 15 is 0 Å². The molecule has 0 aliphatic rings. The van der Waals surface area contributed by atoms with E-state index < -0.39 is 0 Å². The molecule has 3 nitrogen and oxygen atoms in total. The minimum Gasteiger partial charge on any atom is -0.463 e. The monoisotopic (exact) mass is 224 g/mol. The van der Waals surface area contributed by atoms with Crippen LogP contribution < -0.4 is 0 Å². The second kappa shape index (κ2) is 5.85. The first kappa shape index (κ1) is 13.0. The molecule has 16 heavy (non-hydrogen) atoms. The number of furan rings is 1. The van der Waals surface area contributed by atoms with Crippen LogP contribution in [0.25, 0.3) is 0 Å². The van der Waals surface area contributed by atoms with Crippen LogP contribution in [0, 0.1) is 6.92 Å². The number of unbranched alkanes of at least 4 members (excludes halogenated alkanes) is 1. The van der Waals surface area contributed by atoms with E-state index in [9.17, 15) is 4.79 Å². The van der Waals surface area contributed by atoms with Crippen molar-refractivity contribution >= 4 is 5.78 Å². The molecule has 0 N–H and O–H groups in total. The lowest BCUT2D eigenvalue weighted by atomic mass is 10.1. The van der Waals surface area contributed by atoms with E-state index in [0.29, 0.717) is 11.3 Å². The van der Waals surface area contributed by atoms with Gasteiger partial charge in [-0.05, 0) is 26.3 Å². The first-order valence-electron chi connectivity index (χ1n) is 5.74. The number of Topliss-reactive ketones (excluding diaryl/α,β-unsaturated/α-hetero) is 1. The Morgan fingerprint density at radius 2 is 2.25 bits per heavy atom. The fraction of sp³-hybridized carbons (Fsp3) is 0.615. The highest BCUT2D eigenvalue weighted by atomic mass is 16.5. The molecular formula is C13H20O3. The number of aryl methyl sites for hydroxylation is 1. The van der Waals surface area contributed by atoms with Gasteiger partial charge in [0.1, 0.15) is 17.6 Å². The van der Waals surface area contributed by atoms with Crippen molar-refractivity contribution in [1.29, 1.82) is 0 Å². The third-order valence-electron chi connectivity index (χ3n) is 2.74. The number of hydrogen-bond acceptors (Lipinski definition) is 3. The Morgan fingerprint density at radius 1 is 1.56 bits per heavy atom. The minimum absolute atomic E-state index is 0.0354. The van der Waals surface area contributed by atoms with Gasteiger partial charge in [0.2, 0.25) is 0 Å². The smallest absolute Gasteiger partial charge is 0.163 e. The number of carbonyl (C=O) groups excluding carboxylic acids is 1. The standard InChI is InChI=1S/C13H20O3/c1-5-6-7-12(15-4)13-8-11(9(2)14)10(3)16-13/h8,12H,5-7H2,1-4H3. The Kier molecular flexibility index (Phi) is 4.74. The summed E-state index contributed by atoms with van der Waals surface area (Å²) in [6.45, 7) is 5.50. The Hall–Kier alpha value is -1.09. The number of carbonyl (C=O) groups is 1. The SMILES string of the molecule is CCCCC(OC)c1cc(C(C)=O)c(C)o1. The lowest BCUT2D eigenvalue weighted by Crippen LogP contribution is -2.00. The maximum absolute atomic E-state index is 11.3. The summed E-state index contributed by atoms with van der Waals surface area (Å²) < 4.78 is 11.0. The predicted molar refractivity (Wildman–Crippen MR) is 62.7 cm³/mol. The van der Waals surface area contributed by atoms with Crippen LogP contribution in [-0.2, 0) is 4.74 Å². The lowest BCUT2D eigenvalue weighted by Gasteiger charge is -2.11. The minimum atomic E-state index is -0.0354. The maximum Gasteiger partial charge on any atom is 0.163 e. The molecule has 1 aromatic rings. The van der Waals surface area contributed by atoms with Crippen LogP contribution in [0.15, 0.2) is 10.5 Å². The highest BCUT2D eigenvalue weighted by Gasteiger charge is 2.18. The summed E-state index contributed by atoms with van der Waals surface area (Å²) in [7, 11) is 1.67. The normalized spacial score (nSPS) is 12.8. The van der Waals surface area contributed by atoms with Crippen molar-refractivity contribution in [1.82, 2.24) is 0 Å². The molecule has 90 valence electrons. The predicted octanol–water partition coefficient (Wildman–Crippen LogP) is 3.67. The molecule has 0 spiro atoms. The molecule has 1 atom stereocenters. The van der Waals surface area contributed by atoms with E-state index in [1.54, 1.807) is 14.0 Å². The zero-order valence-electron chi connectivity index (χ0n) is 10.5. The van der Waals surface area contributed by atoms with Crippen molar-refractivity contribution in [2.24, 2.45) is 0 Å². The zero-order valence-corrected chi connectivity index (χ0v) is 10.5. The first-order valence-corrected chi connectivity index (χ1v) is 5.74. The van der Waals surface area contributed by atoms with Crippen LogP contribution in [0.1, 0.15) is 61.1 Å². The van der Waals surface area contributed by atoms with Crippen LogP contribution in [0.5, 0.6) is 0 Å². The van der Waals surface area contributed by atoms with Gasteiger partial charge in [-0.1, -0.05) is 19.8 Å². The van der Waals surface area contributed by atoms with Crippen molar-refractivity contribution in [3.05, 3.63) is 23.2 Å². The van der Waals surface area contributed by atoms with Crippen molar-refractivity contribution < 1.29 is 13.9 Å². The molecule has 1 rings (SSSR count). The number of methoxy groups -OCH3 is 1. The van der Waals surface area contributed by atoms with Crippen LogP contribution in [0.3, 0.4) is 0 Å². The average molecular weight is 224 g/mol. The molecule has 1 unspecified atom stereocenters. The van der Waals surface area contributed by atoms with Gasteiger partial charge in [-0.2, -0.15) is 0 Å². The van der Waals surface area contributed by atoms with Gasteiger partial charge in [0.15, 0.2) is 5.78 Å². The van der Waals surface area contributed by atoms with E-state index in [-0.39, 0.29) is 11.9 Å². The van der Waals surface area contributed by atoms with Crippen LogP contribution in [0.4, 0.5) is 0 Å². The Balaban J connectivity index is 2.85. The first-order chi connectivity index (χ1) is 7.60. The molecule has 0 saturated heterocycles. The molecule has 0 bridgehead atoms. The van der Waals surface area contributed by atoms with Gasteiger partial charge in [-0.15, -0.1) is 0 Å². The van der Waals surface area contributed by atoms with E-state index in [0.717, 1.165) is 25.0 Å². The van der Waals surface area contributed by atoms with Gasteiger partial charge in [0, 0.05) is 7.11 Å². The van der Waals surface area contributed by atoms with Gasteiger partial charge >= 0.3 is 0 Å². The molecule has 1 heterocycles. The number of rotatable bonds is 6. The Labute approximate surface area is 96.8 Å². The average Bonchev–Trinajstić information content (AvgIpc) is 2.62. The largest absolute Gasteiger partial charge is 0.463 e. The Morgan fingerprint density at radius 3 is 2.69 bits per heavy atom. The van der Waals surface area contributed by atoms with Gasteiger partial charge in [-0.3, -0.25) is 4.79 Å². The van der Waals surface area contributed by atoms with Crippen molar-refractivity contribution in [2.75, 3.05) is 7.11 Å². The van der Waals surface area contributed by atoms with Crippen LogP contribution in [0.2, 0.25) is 0 Å². The molecule has 0 aliphatic carbocycles. The van der Waals surface area contributed by atoms with Gasteiger partial charge in [-0.25, -0.2) is 0 Å². The molecular weight excluding hydrogens is 204 g/mol. The third-order valence-corrected chi connectivity index (χ3v) is 2.74. The summed E-state index contributed by atoms with van der Waals surface area (Å²) in [4.78, 5) is 11.3. The molecule has 0 fully saturated rings. The van der Waals surface area contributed by atoms with Crippen LogP contribution in [-0.4, -0.2) is 12.9 Å². The van der Waals surface area contributed by atoms with Gasteiger partial charge in [0.05, 0.1) is 5.56 Å². The molecule has 0 saturated carbocycles. The molecule has 3 heteroatoms. The maximum atomic E-state index is 11.3. The van der Waals surface area contributed by atoms with E-state index in [2.05, 4.69) is 6.92 Å². The number of hydrogen-bond donors (Lipinski definition) is 0. The highest BCUT2D eigenvalue weighted by molar-refractivity contribution is 5.95. The second-order valence-corrected chi connectivity index (χ2v) is 4.04. The topological polar surface area (TPSA) is 39.4 Å². The molecule has 0 amide bonds. The molecule has 0 aromatic carbocycles. The summed E-state index contributed by atoms with van der Waals surface area (Å²) in [6.07, 6.45) is 3.11. The zero-order chi connectivity index (χ0) is 12.1. The van der Waals surface area contributed by atoms with Gasteiger partial charge < -0.3 is 9.15 Å². The van der Waals surface area contributed by atoms with E-state index in [1.165, 1.54) is 0 Å². The van der Waals surface area contributed by atoms with Crippen LogP contribution >= 0.6 is 0 Å². The lowest BCUT2D eigenvalue weighted by molar-refractivity contribution is 0.0741. The fourth-order valence-electron chi connectivity index (χ4n) is 1.78. The highest BCUT2D eigenvalue weighted by Crippen LogP contribution is 2.27. The molecule has 1 aromatic heterocycles. The third kappa shape index (κ3) is 2.95. The summed E-state index contributed by atoms with van der Waals surface area (Å²) in [5.74, 6) is 1.48. The molecule has 0 aliphatic heterocycles. The van der Waals surface area contributed by atoms with E-state index in [1.807, 2.05) is 13.0 Å². The number of ether oxygens (including phenoxy) is 1. The molecule has 0 radical (unpaired) electrons. The van der Waals surface area contributed by atoms with Crippen molar-refractivity contribution in [3.63, 3.8) is 0 Å².